The highest BCUT2D eigenvalue weighted by molar-refractivity contribution is 7.99. The lowest BCUT2D eigenvalue weighted by Gasteiger charge is -2.22. The van der Waals surface area contributed by atoms with Gasteiger partial charge in [-0.3, -0.25) is 0 Å². The van der Waals surface area contributed by atoms with Crippen LogP contribution in [-0.4, -0.2) is 28.3 Å². The highest BCUT2D eigenvalue weighted by Crippen LogP contribution is 2.17. The summed E-state index contributed by atoms with van der Waals surface area (Å²) in [6.07, 6.45) is 10.3. The Kier molecular flexibility index (Phi) is 5.09. The summed E-state index contributed by atoms with van der Waals surface area (Å²) in [5, 5.41) is 4.70. The summed E-state index contributed by atoms with van der Waals surface area (Å²) in [5.74, 6) is 1.09. The molecule has 1 aromatic rings. The van der Waals surface area contributed by atoms with Crippen LogP contribution in [0, 0.1) is 0 Å². The van der Waals surface area contributed by atoms with Crippen LogP contribution in [0.1, 0.15) is 32.1 Å². The van der Waals surface area contributed by atoms with Crippen LogP contribution in [0.2, 0.25) is 0 Å². The fourth-order valence-electron chi connectivity index (χ4n) is 2.09. The molecule has 88 valence electrons. The molecule has 1 aromatic heterocycles. The average molecular weight is 237 g/mol. The molecule has 0 spiro atoms. The predicted molar refractivity (Wildman–Crippen MR) is 67.6 cm³/mol. The summed E-state index contributed by atoms with van der Waals surface area (Å²) in [4.78, 5) is 8.09. The Morgan fingerprint density at radius 2 is 2.19 bits per heavy atom. The van der Waals surface area contributed by atoms with Crippen LogP contribution >= 0.6 is 11.8 Å². The van der Waals surface area contributed by atoms with Gasteiger partial charge in [-0.1, -0.05) is 19.3 Å². The van der Waals surface area contributed by atoms with Crippen molar-refractivity contribution in [2.75, 3.05) is 12.3 Å². The second kappa shape index (κ2) is 6.86. The van der Waals surface area contributed by atoms with Gasteiger partial charge in [0.15, 0.2) is 0 Å². The van der Waals surface area contributed by atoms with Gasteiger partial charge in [-0.25, -0.2) is 9.97 Å². The van der Waals surface area contributed by atoms with Crippen LogP contribution in [0.5, 0.6) is 0 Å². The van der Waals surface area contributed by atoms with Crippen molar-refractivity contribution in [1.29, 1.82) is 0 Å². The predicted octanol–water partition coefficient (Wildman–Crippen LogP) is 2.49. The fraction of sp³-hybridized carbons (Fsp3) is 0.667. The topological polar surface area (TPSA) is 37.8 Å². The Morgan fingerprint density at radius 3 is 2.94 bits per heavy atom. The summed E-state index contributed by atoms with van der Waals surface area (Å²) in [5.41, 5.74) is 0. The van der Waals surface area contributed by atoms with E-state index in [-0.39, 0.29) is 0 Å². The van der Waals surface area contributed by atoms with Crippen molar-refractivity contribution < 1.29 is 0 Å². The first kappa shape index (κ1) is 11.9. The van der Waals surface area contributed by atoms with Crippen molar-refractivity contribution in [1.82, 2.24) is 15.3 Å². The number of rotatable bonds is 5. The van der Waals surface area contributed by atoms with Crippen molar-refractivity contribution in [3.63, 3.8) is 0 Å². The molecular weight excluding hydrogens is 218 g/mol. The van der Waals surface area contributed by atoms with Crippen LogP contribution < -0.4 is 5.32 Å². The molecule has 1 aliphatic rings. The third-order valence-corrected chi connectivity index (χ3v) is 3.89. The summed E-state index contributed by atoms with van der Waals surface area (Å²) in [7, 11) is 0. The molecule has 0 aromatic carbocycles. The van der Waals surface area contributed by atoms with Crippen LogP contribution in [0.3, 0.4) is 0 Å². The van der Waals surface area contributed by atoms with Crippen molar-refractivity contribution in [2.24, 2.45) is 0 Å². The van der Waals surface area contributed by atoms with Gasteiger partial charge in [0.2, 0.25) is 0 Å². The van der Waals surface area contributed by atoms with E-state index in [1.54, 1.807) is 24.3 Å². The van der Waals surface area contributed by atoms with Crippen LogP contribution in [-0.2, 0) is 0 Å². The second-order valence-electron chi connectivity index (χ2n) is 4.19. The molecule has 0 unspecified atom stereocenters. The van der Waals surface area contributed by atoms with Gasteiger partial charge in [-0.15, -0.1) is 11.8 Å². The number of hydrogen-bond donors (Lipinski definition) is 1. The van der Waals surface area contributed by atoms with Gasteiger partial charge < -0.3 is 5.32 Å². The van der Waals surface area contributed by atoms with E-state index in [1.807, 2.05) is 6.07 Å². The molecule has 1 aliphatic carbocycles. The van der Waals surface area contributed by atoms with E-state index in [9.17, 15) is 0 Å². The van der Waals surface area contributed by atoms with Crippen LogP contribution in [0.4, 0.5) is 0 Å². The Bertz CT molecular complexity index is 286. The molecule has 1 N–H and O–H groups in total. The van der Waals surface area contributed by atoms with Gasteiger partial charge in [0, 0.05) is 24.5 Å². The molecule has 2 rings (SSSR count). The highest BCUT2D eigenvalue weighted by atomic mass is 32.2. The smallest absolute Gasteiger partial charge is 0.116 e. The average Bonchev–Trinajstić information content (AvgIpc) is 2.37. The van der Waals surface area contributed by atoms with Gasteiger partial charge in [0.25, 0.3) is 0 Å². The summed E-state index contributed by atoms with van der Waals surface area (Å²) >= 11 is 1.80. The number of nitrogens with zero attached hydrogens (tertiary/aromatic N) is 2. The normalized spacial score (nSPS) is 17.5. The minimum absolute atomic E-state index is 0.764. The molecule has 16 heavy (non-hydrogen) atoms. The molecule has 1 fully saturated rings. The van der Waals surface area contributed by atoms with Gasteiger partial charge in [-0.2, -0.15) is 0 Å². The zero-order valence-corrected chi connectivity index (χ0v) is 10.4. The fourth-order valence-corrected chi connectivity index (χ4v) is 2.80. The molecule has 0 radical (unpaired) electrons. The van der Waals surface area contributed by atoms with Gasteiger partial charge in [0.05, 0.1) is 5.03 Å². The Hall–Kier alpha value is -0.610. The molecule has 0 aliphatic heterocycles. The van der Waals surface area contributed by atoms with Crippen LogP contribution in [0.25, 0.3) is 0 Å². The Labute approximate surface area is 101 Å². The van der Waals surface area contributed by atoms with Crippen molar-refractivity contribution >= 4 is 11.8 Å². The van der Waals surface area contributed by atoms with Gasteiger partial charge in [-0.05, 0) is 18.9 Å². The molecule has 4 heteroatoms. The molecule has 0 saturated heterocycles. The van der Waals surface area contributed by atoms with Crippen molar-refractivity contribution in [2.45, 2.75) is 43.2 Å². The first-order chi connectivity index (χ1) is 7.95. The lowest BCUT2D eigenvalue weighted by Crippen LogP contribution is -2.32. The van der Waals surface area contributed by atoms with E-state index in [2.05, 4.69) is 15.3 Å². The van der Waals surface area contributed by atoms with E-state index in [1.165, 1.54) is 32.1 Å². The zero-order chi connectivity index (χ0) is 11.1. The molecular formula is C12H19N3S. The zero-order valence-electron chi connectivity index (χ0n) is 9.56. The molecule has 1 heterocycles. The number of aromatic nitrogens is 2. The van der Waals surface area contributed by atoms with Crippen molar-refractivity contribution in [3.8, 4) is 0 Å². The van der Waals surface area contributed by atoms with Gasteiger partial charge >= 0.3 is 0 Å². The third kappa shape index (κ3) is 4.10. The number of hydrogen-bond acceptors (Lipinski definition) is 4. The number of nitrogens with one attached hydrogen (secondary N) is 1. The first-order valence-corrected chi connectivity index (χ1v) is 7.06. The minimum atomic E-state index is 0.764. The van der Waals surface area contributed by atoms with E-state index >= 15 is 0 Å². The number of thioether (sulfide) groups is 1. The molecule has 3 nitrogen and oxygen atoms in total. The summed E-state index contributed by atoms with van der Waals surface area (Å²) < 4.78 is 0. The lowest BCUT2D eigenvalue weighted by atomic mass is 9.96. The highest BCUT2D eigenvalue weighted by Gasteiger charge is 2.11. The van der Waals surface area contributed by atoms with E-state index in [0.717, 1.165) is 23.4 Å². The summed E-state index contributed by atoms with van der Waals surface area (Å²) in [6.45, 7) is 1.08. The monoisotopic (exact) mass is 237 g/mol. The maximum absolute atomic E-state index is 4.19. The van der Waals surface area contributed by atoms with E-state index in [0.29, 0.717) is 0 Å². The second-order valence-corrected chi connectivity index (χ2v) is 5.30. The lowest BCUT2D eigenvalue weighted by molar-refractivity contribution is 0.381. The largest absolute Gasteiger partial charge is 0.313 e. The Morgan fingerprint density at radius 1 is 1.31 bits per heavy atom. The van der Waals surface area contributed by atoms with Crippen molar-refractivity contribution in [3.05, 3.63) is 18.6 Å². The Balaban J connectivity index is 1.58. The molecule has 0 amide bonds. The minimum Gasteiger partial charge on any atom is -0.313 e. The van der Waals surface area contributed by atoms with Crippen LogP contribution in [0.15, 0.2) is 23.6 Å². The standard InChI is InChI=1S/C12H19N3S/c1-2-4-11(5-3-1)14-8-9-16-12-6-7-13-10-15-12/h6-7,10-11,14H,1-5,8-9H2. The first-order valence-electron chi connectivity index (χ1n) is 6.07. The maximum atomic E-state index is 4.19. The molecule has 0 bridgehead atoms. The SMILES string of the molecule is c1cc(SCCNC2CCCCC2)ncn1. The maximum Gasteiger partial charge on any atom is 0.116 e. The third-order valence-electron chi connectivity index (χ3n) is 2.95. The molecule has 0 atom stereocenters. The van der Waals surface area contributed by atoms with E-state index in [4.69, 9.17) is 0 Å². The quantitative estimate of drug-likeness (QED) is 0.485. The summed E-state index contributed by atoms with van der Waals surface area (Å²) in [6, 6.07) is 2.73. The molecule has 1 saturated carbocycles. The van der Waals surface area contributed by atoms with Gasteiger partial charge in [0.1, 0.15) is 6.33 Å². The van der Waals surface area contributed by atoms with E-state index < -0.39 is 0 Å².